The number of carbonyl (C=O) groups is 3. The average molecular weight is 491 g/mol. The van der Waals surface area contributed by atoms with Gasteiger partial charge < -0.3 is 19.9 Å². The van der Waals surface area contributed by atoms with Crippen LogP contribution in [0.15, 0.2) is 42.6 Å². The Hall–Kier alpha value is -3.67. The summed E-state index contributed by atoms with van der Waals surface area (Å²) in [5.41, 5.74) is 0.799. The Labute approximate surface area is 199 Å². The fraction of sp³-hybridized carbons (Fsp3) is 0.391. The van der Waals surface area contributed by atoms with Gasteiger partial charge >= 0.3 is 12.4 Å². The standard InChI is InChI=1S/C23H24F3N5O4/c1-29-10-7-16(8-11-29)21(33)28-19-12-15(6-9-27-19)13-30-14-20(32)31(22(30)34)17-2-4-18(5-3-17)35-23(24,25)26/h2-6,9,12,16H,7-8,10-11,13-14H2,1H3,(H,27,28,33). The quantitative estimate of drug-likeness (QED) is 0.624. The van der Waals surface area contributed by atoms with E-state index in [0.29, 0.717) is 11.4 Å². The van der Waals surface area contributed by atoms with Gasteiger partial charge in [0.15, 0.2) is 0 Å². The largest absolute Gasteiger partial charge is 0.573 e. The number of aromatic nitrogens is 1. The molecule has 0 bridgehead atoms. The van der Waals surface area contributed by atoms with Crippen LogP contribution in [-0.4, -0.2) is 65.7 Å². The van der Waals surface area contributed by atoms with Crippen LogP contribution >= 0.6 is 0 Å². The molecule has 2 fully saturated rings. The molecule has 12 heteroatoms. The number of urea groups is 1. The molecule has 0 aliphatic carbocycles. The zero-order valence-corrected chi connectivity index (χ0v) is 18.9. The van der Waals surface area contributed by atoms with Gasteiger partial charge in [-0.2, -0.15) is 0 Å². The van der Waals surface area contributed by atoms with Crippen LogP contribution < -0.4 is 15.0 Å². The van der Waals surface area contributed by atoms with Gasteiger partial charge in [-0.05, 0) is 74.9 Å². The first-order chi connectivity index (χ1) is 16.6. The molecule has 1 N–H and O–H groups in total. The molecule has 4 amide bonds. The maximum absolute atomic E-state index is 12.9. The number of likely N-dealkylation sites (tertiary alicyclic amines) is 1. The number of piperidine rings is 1. The highest BCUT2D eigenvalue weighted by molar-refractivity contribution is 6.19. The fourth-order valence-electron chi connectivity index (χ4n) is 4.09. The molecule has 186 valence electrons. The summed E-state index contributed by atoms with van der Waals surface area (Å²) in [4.78, 5) is 46.5. The van der Waals surface area contributed by atoms with Crippen LogP contribution in [0.1, 0.15) is 18.4 Å². The predicted molar refractivity (Wildman–Crippen MR) is 120 cm³/mol. The van der Waals surface area contributed by atoms with Crippen molar-refractivity contribution >= 4 is 29.4 Å². The Morgan fingerprint density at radius 2 is 1.83 bits per heavy atom. The summed E-state index contributed by atoms with van der Waals surface area (Å²) >= 11 is 0. The summed E-state index contributed by atoms with van der Waals surface area (Å²) < 4.78 is 40.9. The monoisotopic (exact) mass is 491 g/mol. The van der Waals surface area contributed by atoms with Crippen molar-refractivity contribution in [1.29, 1.82) is 0 Å². The number of benzene rings is 1. The molecule has 0 saturated carbocycles. The number of hydrogen-bond acceptors (Lipinski definition) is 6. The van der Waals surface area contributed by atoms with Crippen LogP contribution in [0.3, 0.4) is 0 Å². The van der Waals surface area contributed by atoms with Crippen molar-refractivity contribution in [2.75, 3.05) is 36.9 Å². The number of anilines is 2. The molecule has 2 aliphatic rings. The Kier molecular flexibility index (Phi) is 6.92. The van der Waals surface area contributed by atoms with E-state index >= 15 is 0 Å². The molecule has 1 aromatic carbocycles. The molecular formula is C23H24F3N5O4. The van der Waals surface area contributed by atoms with E-state index in [1.165, 1.54) is 23.2 Å². The highest BCUT2D eigenvalue weighted by Gasteiger charge is 2.37. The Balaban J connectivity index is 1.39. The molecule has 0 atom stereocenters. The van der Waals surface area contributed by atoms with Crippen molar-refractivity contribution in [2.45, 2.75) is 25.7 Å². The third-order valence-electron chi connectivity index (χ3n) is 5.90. The zero-order chi connectivity index (χ0) is 25.2. The number of nitrogens with zero attached hydrogens (tertiary/aromatic N) is 4. The van der Waals surface area contributed by atoms with Gasteiger partial charge in [0.1, 0.15) is 18.1 Å². The van der Waals surface area contributed by atoms with E-state index in [-0.39, 0.29) is 30.6 Å². The van der Waals surface area contributed by atoms with Crippen LogP contribution in [0, 0.1) is 5.92 Å². The zero-order valence-electron chi connectivity index (χ0n) is 18.9. The van der Waals surface area contributed by atoms with E-state index in [1.807, 2.05) is 7.05 Å². The van der Waals surface area contributed by atoms with Crippen molar-refractivity contribution in [2.24, 2.45) is 5.92 Å². The maximum Gasteiger partial charge on any atom is 0.573 e. The smallest absolute Gasteiger partial charge is 0.406 e. The van der Waals surface area contributed by atoms with E-state index in [9.17, 15) is 27.6 Å². The van der Waals surface area contributed by atoms with Crippen molar-refractivity contribution in [1.82, 2.24) is 14.8 Å². The number of carbonyl (C=O) groups excluding carboxylic acids is 3. The Morgan fingerprint density at radius 3 is 2.49 bits per heavy atom. The van der Waals surface area contributed by atoms with Crippen molar-refractivity contribution < 1.29 is 32.3 Å². The Morgan fingerprint density at radius 1 is 1.14 bits per heavy atom. The number of amides is 4. The van der Waals surface area contributed by atoms with Crippen LogP contribution in [0.2, 0.25) is 0 Å². The highest BCUT2D eigenvalue weighted by atomic mass is 19.4. The molecule has 1 aromatic heterocycles. The van der Waals surface area contributed by atoms with E-state index in [0.717, 1.165) is 43.0 Å². The number of nitrogens with one attached hydrogen (secondary N) is 1. The van der Waals surface area contributed by atoms with Gasteiger partial charge in [0.2, 0.25) is 5.91 Å². The van der Waals surface area contributed by atoms with Crippen LogP contribution in [0.5, 0.6) is 5.75 Å². The van der Waals surface area contributed by atoms with Gasteiger partial charge in [0.05, 0.1) is 5.69 Å². The number of pyridine rings is 1. The van der Waals surface area contributed by atoms with Gasteiger partial charge in [-0.25, -0.2) is 14.7 Å². The second kappa shape index (κ2) is 9.90. The second-order valence-corrected chi connectivity index (χ2v) is 8.53. The molecule has 0 unspecified atom stereocenters. The summed E-state index contributed by atoms with van der Waals surface area (Å²) in [6.45, 7) is 1.60. The molecule has 4 rings (SSSR count). The normalized spacial score (nSPS) is 17.7. The summed E-state index contributed by atoms with van der Waals surface area (Å²) in [5, 5.41) is 2.83. The third kappa shape index (κ3) is 6.07. The first kappa shape index (κ1) is 24.5. The van der Waals surface area contributed by atoms with Crippen molar-refractivity contribution in [3.8, 4) is 5.75 Å². The molecule has 2 aromatic rings. The van der Waals surface area contributed by atoms with Crippen LogP contribution in [-0.2, 0) is 16.1 Å². The van der Waals surface area contributed by atoms with E-state index in [2.05, 4.69) is 19.9 Å². The van der Waals surface area contributed by atoms with Crippen LogP contribution in [0.25, 0.3) is 0 Å². The minimum Gasteiger partial charge on any atom is -0.406 e. The molecule has 0 radical (unpaired) electrons. The van der Waals surface area contributed by atoms with Crippen molar-refractivity contribution in [3.63, 3.8) is 0 Å². The fourth-order valence-corrected chi connectivity index (χ4v) is 4.09. The molecule has 0 spiro atoms. The molecular weight excluding hydrogens is 467 g/mol. The number of hydrogen-bond donors (Lipinski definition) is 1. The summed E-state index contributed by atoms with van der Waals surface area (Å²) in [6, 6.07) is 7.22. The van der Waals surface area contributed by atoms with E-state index in [1.54, 1.807) is 12.1 Å². The topological polar surface area (TPSA) is 95.1 Å². The third-order valence-corrected chi connectivity index (χ3v) is 5.90. The van der Waals surface area contributed by atoms with Gasteiger partial charge in [-0.1, -0.05) is 0 Å². The van der Waals surface area contributed by atoms with Gasteiger partial charge in [0.25, 0.3) is 5.91 Å². The number of imide groups is 1. The molecule has 2 saturated heterocycles. The highest BCUT2D eigenvalue weighted by Crippen LogP contribution is 2.28. The summed E-state index contributed by atoms with van der Waals surface area (Å²) in [7, 11) is 2.02. The minimum atomic E-state index is -4.84. The lowest BCUT2D eigenvalue weighted by Gasteiger charge is -2.27. The first-order valence-corrected chi connectivity index (χ1v) is 11.0. The van der Waals surface area contributed by atoms with E-state index in [4.69, 9.17) is 0 Å². The molecule has 35 heavy (non-hydrogen) atoms. The Bertz CT molecular complexity index is 1100. The molecule has 9 nitrogen and oxygen atoms in total. The average Bonchev–Trinajstić information content (AvgIpc) is 3.06. The maximum atomic E-state index is 12.9. The lowest BCUT2D eigenvalue weighted by Crippen LogP contribution is -2.36. The van der Waals surface area contributed by atoms with Gasteiger partial charge in [0, 0.05) is 18.7 Å². The van der Waals surface area contributed by atoms with Gasteiger partial charge in [-0.15, -0.1) is 13.2 Å². The van der Waals surface area contributed by atoms with E-state index < -0.39 is 24.1 Å². The molecule has 2 aliphatic heterocycles. The van der Waals surface area contributed by atoms with Crippen LogP contribution in [0.4, 0.5) is 29.5 Å². The lowest BCUT2D eigenvalue weighted by molar-refractivity contribution is -0.274. The first-order valence-electron chi connectivity index (χ1n) is 11.0. The summed E-state index contributed by atoms with van der Waals surface area (Å²) in [6.07, 6.45) is -1.79. The summed E-state index contributed by atoms with van der Waals surface area (Å²) in [5.74, 6) is -0.787. The number of alkyl halides is 3. The van der Waals surface area contributed by atoms with Gasteiger partial charge in [-0.3, -0.25) is 9.59 Å². The number of halogens is 3. The molecule has 3 heterocycles. The SMILES string of the molecule is CN1CCC(C(=O)Nc2cc(CN3CC(=O)N(c4ccc(OC(F)(F)F)cc4)C3=O)ccn2)CC1. The predicted octanol–water partition coefficient (Wildman–Crippen LogP) is 3.23. The lowest BCUT2D eigenvalue weighted by atomic mass is 9.96. The second-order valence-electron chi connectivity index (χ2n) is 8.53. The number of ether oxygens (including phenoxy) is 1. The number of rotatable bonds is 6. The van der Waals surface area contributed by atoms with Crippen molar-refractivity contribution in [3.05, 3.63) is 48.2 Å². The minimum absolute atomic E-state index is 0.0871.